The molecule has 0 aliphatic rings. The number of anilines is 9. The number of fused-ring (bicyclic) bond motifs is 1. The molecule has 6 aromatic carbocycles. The Labute approximate surface area is 369 Å². The van der Waals surface area contributed by atoms with Gasteiger partial charge >= 0.3 is 0 Å². The number of halogens is 2. The van der Waals surface area contributed by atoms with E-state index in [1.54, 1.807) is 42.6 Å². The van der Waals surface area contributed by atoms with Crippen LogP contribution in [0.3, 0.4) is 0 Å². The number of hydrogen-bond acceptors (Lipinski definition) is 7. The lowest BCUT2D eigenvalue weighted by molar-refractivity contribution is -0.671. The summed E-state index contributed by atoms with van der Waals surface area (Å²) in [6.45, 7) is 2.07. The highest BCUT2D eigenvalue weighted by Crippen LogP contribution is 2.27. The molecule has 0 saturated carbocycles. The van der Waals surface area contributed by atoms with Crippen molar-refractivity contribution >= 4 is 73.9 Å². The predicted octanol–water partition coefficient (Wildman–Crippen LogP) is 5.12. The summed E-state index contributed by atoms with van der Waals surface area (Å²) in [5, 5.41) is 16.9. The van der Waals surface area contributed by atoms with Crippen LogP contribution in [0.4, 0.5) is 51.2 Å². The molecule has 10 nitrogen and oxygen atoms in total. The summed E-state index contributed by atoms with van der Waals surface area (Å²) in [5.74, 6) is -0.305. The summed E-state index contributed by atoms with van der Waals surface area (Å²) in [5.41, 5.74) is 16.9. The van der Waals surface area contributed by atoms with Crippen molar-refractivity contribution in [2.75, 3.05) is 32.3 Å². The molecule has 60 heavy (non-hydrogen) atoms. The minimum atomic E-state index is -0.155. The van der Waals surface area contributed by atoms with Crippen molar-refractivity contribution in [2.45, 2.75) is 6.92 Å². The van der Waals surface area contributed by atoms with Crippen LogP contribution >= 0.6 is 0 Å². The SMILES string of the molecule is C[n+]1ccc(Nc2ccc(C(=O)Nc3ccc(N)cc3)cc2)cc1.Cc1ccc2nccc(Nc3ccc(NC(=O)c4ccc(Nc5ccccc5)cc4)cc3)c2c1.[2HH].[2H][2H].[2H][2H].[Cl-].[Cl-]. The van der Waals surface area contributed by atoms with Gasteiger partial charge in [-0.1, -0.05) is 29.8 Å². The van der Waals surface area contributed by atoms with Gasteiger partial charge in [0.2, 0.25) is 0 Å². The van der Waals surface area contributed by atoms with Crippen molar-refractivity contribution in [3.05, 3.63) is 199 Å². The number of hydrogen-bond donors (Lipinski definition) is 6. The Kier molecular flexibility index (Phi) is 14.2. The number of rotatable bonds is 10. The van der Waals surface area contributed by atoms with Crippen LogP contribution in [0.1, 0.15) is 33.6 Å². The third-order valence-electron chi connectivity index (χ3n) is 9.11. The van der Waals surface area contributed by atoms with E-state index in [1.165, 1.54) is 5.56 Å². The van der Waals surface area contributed by atoms with Gasteiger partial charge in [0.15, 0.2) is 12.4 Å². The molecule has 0 bridgehead atoms. The van der Waals surface area contributed by atoms with E-state index >= 15 is 0 Å². The monoisotopic (exact) mass is 844 g/mol. The highest BCUT2D eigenvalue weighted by molar-refractivity contribution is 6.05. The quantitative estimate of drug-likeness (QED) is 0.0832. The summed E-state index contributed by atoms with van der Waals surface area (Å²) in [7, 11) is 1.97. The van der Waals surface area contributed by atoms with Crippen LogP contribution in [0.25, 0.3) is 10.9 Å². The minimum absolute atomic E-state index is 0. The number of nitrogens with zero attached hydrogens (tertiary/aromatic N) is 2. The number of carbonyl (C=O) groups is 2. The van der Waals surface area contributed by atoms with Crippen molar-refractivity contribution in [2.24, 2.45) is 7.05 Å². The summed E-state index contributed by atoms with van der Waals surface area (Å²) < 4.78 is 22.0. The van der Waals surface area contributed by atoms with E-state index in [1.807, 2.05) is 139 Å². The summed E-state index contributed by atoms with van der Waals surface area (Å²) in [6.07, 6.45) is 5.74. The number of pyridine rings is 2. The predicted molar refractivity (Wildman–Crippen MR) is 243 cm³/mol. The van der Waals surface area contributed by atoms with Gasteiger partial charge < -0.3 is 57.1 Å². The summed E-state index contributed by atoms with van der Waals surface area (Å²) in [4.78, 5) is 29.4. The molecule has 0 atom stereocenters. The molecule has 0 saturated heterocycles. The van der Waals surface area contributed by atoms with E-state index < -0.39 is 0 Å². The Morgan fingerprint density at radius 1 is 0.550 bits per heavy atom. The van der Waals surface area contributed by atoms with Gasteiger partial charge in [0.25, 0.3) is 11.8 Å². The van der Waals surface area contributed by atoms with Gasteiger partial charge in [0.05, 0.1) is 11.2 Å². The van der Waals surface area contributed by atoms with Crippen LogP contribution in [0, 0.1) is 6.92 Å². The van der Waals surface area contributed by atoms with Gasteiger partial charge in [0, 0.05) is 87.7 Å². The zero-order valence-corrected chi connectivity index (χ0v) is 34.4. The highest BCUT2D eigenvalue weighted by Gasteiger charge is 2.09. The Balaban J connectivity index is 0.000000416. The number of nitrogens with one attached hydrogen (secondary N) is 5. The van der Waals surface area contributed by atoms with E-state index in [0.29, 0.717) is 22.5 Å². The number of aryl methyl sites for hydroxylation is 2. The lowest BCUT2D eigenvalue weighted by Gasteiger charge is -2.11. The molecular weight excluding hydrogens is 791 g/mol. The van der Waals surface area contributed by atoms with E-state index in [-0.39, 0.29) is 38.1 Å². The minimum Gasteiger partial charge on any atom is -1.00 e. The molecule has 8 aromatic rings. The Morgan fingerprint density at radius 3 is 1.55 bits per heavy atom. The van der Waals surface area contributed by atoms with Gasteiger partial charge in [-0.25, -0.2) is 4.57 Å². The molecule has 7 N–H and O–H groups in total. The second-order valence-electron chi connectivity index (χ2n) is 13.6. The van der Waals surface area contributed by atoms with Crippen LogP contribution in [0.15, 0.2) is 182 Å². The number of para-hydroxylation sites is 1. The van der Waals surface area contributed by atoms with Gasteiger partial charge in [-0.15, -0.1) is 0 Å². The third kappa shape index (κ3) is 12.1. The second kappa shape index (κ2) is 20.9. The fourth-order valence-corrected chi connectivity index (χ4v) is 5.98. The van der Waals surface area contributed by atoms with E-state index in [9.17, 15) is 9.59 Å². The van der Waals surface area contributed by atoms with Crippen LogP contribution in [-0.2, 0) is 7.05 Å². The molecule has 0 spiro atoms. The molecule has 308 valence electrons. The first kappa shape index (κ1) is 40.8. The van der Waals surface area contributed by atoms with Crippen molar-refractivity contribution in [3.63, 3.8) is 0 Å². The van der Waals surface area contributed by atoms with E-state index in [2.05, 4.69) is 50.6 Å². The molecule has 2 heterocycles. The van der Waals surface area contributed by atoms with Crippen LogP contribution in [0.2, 0.25) is 0 Å². The molecule has 2 amide bonds. The average Bonchev–Trinajstić information content (AvgIpc) is 3.31. The second-order valence-corrected chi connectivity index (χ2v) is 13.6. The number of carbonyl (C=O) groups excluding carboxylic acids is 2. The van der Waals surface area contributed by atoms with Crippen molar-refractivity contribution in [1.29, 1.82) is 0 Å². The lowest BCUT2D eigenvalue weighted by Crippen LogP contribution is -3.00. The van der Waals surface area contributed by atoms with Crippen molar-refractivity contribution < 1.29 is 46.3 Å². The number of benzene rings is 6. The van der Waals surface area contributed by atoms with E-state index in [4.69, 9.17) is 11.7 Å². The van der Waals surface area contributed by atoms with Crippen LogP contribution in [-0.4, -0.2) is 16.8 Å². The van der Waals surface area contributed by atoms with Crippen molar-refractivity contribution in [1.82, 2.24) is 4.98 Å². The summed E-state index contributed by atoms with van der Waals surface area (Å²) in [6, 6.07) is 51.6. The fourth-order valence-electron chi connectivity index (χ4n) is 5.98. The molecular formula is C48H49Cl2N8O2-. The lowest BCUT2D eigenvalue weighted by atomic mass is 10.1. The molecule has 0 aliphatic carbocycles. The molecule has 2 aromatic heterocycles. The Morgan fingerprint density at radius 2 is 1.00 bits per heavy atom. The number of aromatic nitrogens is 2. The molecule has 0 unspecified atom stereocenters. The smallest absolute Gasteiger partial charge is 0.255 e. The van der Waals surface area contributed by atoms with Crippen LogP contribution in [0.5, 0.6) is 0 Å². The topological polar surface area (TPSA) is 137 Å². The van der Waals surface area contributed by atoms with Crippen LogP contribution < -0.4 is 61.7 Å². The van der Waals surface area contributed by atoms with Crippen molar-refractivity contribution in [3.8, 4) is 0 Å². The largest absolute Gasteiger partial charge is 1.00 e. The zero-order valence-electron chi connectivity index (χ0n) is 36.9. The maximum absolute atomic E-state index is 12.7. The number of nitrogens with two attached hydrogens (primary N) is 1. The molecule has 12 heteroatoms. The average molecular weight is 846 g/mol. The maximum atomic E-state index is 12.7. The van der Waals surface area contributed by atoms with E-state index in [0.717, 1.165) is 50.7 Å². The zero-order chi connectivity index (χ0) is 44.3. The van der Waals surface area contributed by atoms with Gasteiger partial charge in [0.1, 0.15) is 7.05 Å². The summed E-state index contributed by atoms with van der Waals surface area (Å²) >= 11 is 0. The normalized spacial score (nSPS) is 10.4. The standard InChI is InChI=1S/C29H24N4O.C19H18N4O.2ClH.3H2/c1-20-7-16-27-26(19-20)28(17-18-30-27)32-24-12-14-25(15-13-24)33-29(34)21-8-10-23(11-9-21)31-22-5-3-2-4-6-22;1-23-12-10-18(11-13-23)21-16-6-2-14(3-7-16)19(24)22-17-8-4-15(20)5-9-17;;;;;/h2-19,31H,1H3,(H,30,32)(H,33,34);2-13H,20H2,1H3,(H,22,24);5*1H/p-1/i;;;;2*1+1D;1+1. The first-order valence-electron chi connectivity index (χ1n) is 20.7. The molecule has 0 radical (unpaired) electrons. The first-order chi connectivity index (χ1) is 30.2. The van der Waals surface area contributed by atoms with Gasteiger partial charge in [-0.2, -0.15) is 0 Å². The Bertz CT molecular complexity index is 2650. The number of nitrogen functional groups attached to an aromatic ring is 1. The molecule has 0 fully saturated rings. The van der Waals surface area contributed by atoms with Gasteiger partial charge in [-0.3, -0.25) is 14.6 Å². The Hall–Kier alpha value is -7.40. The highest BCUT2D eigenvalue weighted by atomic mass is 35.5. The fraction of sp³-hybridized carbons (Fsp3) is 0.0417. The number of amides is 2. The first-order valence-corrected chi connectivity index (χ1v) is 18.7. The maximum Gasteiger partial charge on any atom is 0.255 e. The molecule has 8 rings (SSSR count). The third-order valence-corrected chi connectivity index (χ3v) is 9.11. The van der Waals surface area contributed by atoms with Gasteiger partial charge in [-0.05, 0) is 134 Å². The molecule has 0 aliphatic heterocycles.